The molecule has 2 N–H and O–H groups in total. The maximum absolute atomic E-state index is 12.0. The van der Waals surface area contributed by atoms with Crippen LogP contribution in [0.4, 0.5) is 5.69 Å². The molecule has 0 spiro atoms. The summed E-state index contributed by atoms with van der Waals surface area (Å²) >= 11 is 5.78. The van der Waals surface area contributed by atoms with Crippen LogP contribution in [0.2, 0.25) is 5.02 Å². The van der Waals surface area contributed by atoms with E-state index < -0.39 is 0 Å². The van der Waals surface area contributed by atoms with Gasteiger partial charge in [0.2, 0.25) is 12.7 Å². The third kappa shape index (κ3) is 4.64. The van der Waals surface area contributed by atoms with Gasteiger partial charge < -0.3 is 20.1 Å². The summed E-state index contributed by atoms with van der Waals surface area (Å²) in [6.45, 7) is 0.607. The van der Waals surface area contributed by atoms with E-state index in [1.807, 2.05) is 0 Å². The molecule has 0 aromatic heterocycles. The van der Waals surface area contributed by atoms with Gasteiger partial charge in [-0.1, -0.05) is 11.6 Å². The van der Waals surface area contributed by atoms with Gasteiger partial charge in [-0.3, -0.25) is 9.59 Å². The number of amides is 2. The van der Waals surface area contributed by atoms with Crippen molar-refractivity contribution < 1.29 is 19.1 Å². The second-order valence-electron chi connectivity index (χ2n) is 5.48. The van der Waals surface area contributed by atoms with Gasteiger partial charge >= 0.3 is 0 Å². The molecule has 0 unspecified atom stereocenters. The molecule has 6 nitrogen and oxygen atoms in total. The number of carbonyl (C=O) groups excluding carboxylic acids is 2. The lowest BCUT2D eigenvalue weighted by Gasteiger charge is -2.07. The minimum atomic E-state index is -0.187. The number of hydrogen-bond donors (Lipinski definition) is 2. The Bertz CT molecular complexity index is 777. The molecule has 0 atom stereocenters. The Balaban J connectivity index is 1.39. The van der Waals surface area contributed by atoms with E-state index in [0.717, 1.165) is 0 Å². The van der Waals surface area contributed by atoms with E-state index >= 15 is 0 Å². The van der Waals surface area contributed by atoms with E-state index in [1.54, 1.807) is 42.5 Å². The second-order valence-corrected chi connectivity index (χ2v) is 5.92. The van der Waals surface area contributed by atoms with Gasteiger partial charge in [0.15, 0.2) is 11.5 Å². The quantitative estimate of drug-likeness (QED) is 0.775. The smallest absolute Gasteiger partial charge is 0.251 e. The molecular formula is C18H17ClN2O4. The topological polar surface area (TPSA) is 76.7 Å². The minimum Gasteiger partial charge on any atom is -0.454 e. The fourth-order valence-corrected chi connectivity index (χ4v) is 2.48. The summed E-state index contributed by atoms with van der Waals surface area (Å²) in [4.78, 5) is 23.9. The molecule has 0 bridgehead atoms. The zero-order valence-electron chi connectivity index (χ0n) is 13.4. The fraction of sp³-hybridized carbons (Fsp3) is 0.222. The zero-order chi connectivity index (χ0) is 17.6. The molecule has 2 amide bonds. The number of ether oxygens (including phenoxy) is 2. The average molecular weight is 361 g/mol. The summed E-state index contributed by atoms with van der Waals surface area (Å²) in [5.41, 5.74) is 1.19. The molecular weight excluding hydrogens is 344 g/mol. The summed E-state index contributed by atoms with van der Waals surface area (Å²) in [6.07, 6.45) is 0.838. The van der Waals surface area contributed by atoms with Gasteiger partial charge in [-0.2, -0.15) is 0 Å². The van der Waals surface area contributed by atoms with Crippen molar-refractivity contribution in [2.24, 2.45) is 0 Å². The van der Waals surface area contributed by atoms with Crippen LogP contribution < -0.4 is 20.1 Å². The molecule has 0 radical (unpaired) electrons. The van der Waals surface area contributed by atoms with Crippen LogP contribution in [0, 0.1) is 0 Å². The number of anilines is 1. The zero-order valence-corrected chi connectivity index (χ0v) is 14.1. The molecule has 25 heavy (non-hydrogen) atoms. The maximum Gasteiger partial charge on any atom is 0.251 e. The lowest BCUT2D eigenvalue weighted by molar-refractivity contribution is -0.116. The number of carbonyl (C=O) groups is 2. The number of halogens is 1. The SMILES string of the molecule is O=C(CCCNC(=O)c1ccc(Cl)cc1)Nc1ccc2c(c1)OCO2. The monoisotopic (exact) mass is 360 g/mol. The molecule has 1 aliphatic rings. The molecule has 3 rings (SSSR count). The Kier molecular flexibility index (Phi) is 5.40. The van der Waals surface area contributed by atoms with Gasteiger partial charge in [0.1, 0.15) is 0 Å². The van der Waals surface area contributed by atoms with Crippen molar-refractivity contribution in [2.75, 3.05) is 18.7 Å². The molecule has 0 saturated carbocycles. The van der Waals surface area contributed by atoms with Crippen molar-refractivity contribution in [3.8, 4) is 11.5 Å². The predicted molar refractivity (Wildman–Crippen MR) is 94.2 cm³/mol. The first kappa shape index (κ1) is 17.1. The minimum absolute atomic E-state index is 0.125. The first-order valence-corrected chi connectivity index (χ1v) is 8.23. The predicted octanol–water partition coefficient (Wildman–Crippen LogP) is 3.22. The molecule has 0 aliphatic carbocycles. The first-order chi connectivity index (χ1) is 12.1. The Morgan fingerprint density at radius 3 is 2.60 bits per heavy atom. The standard InChI is InChI=1S/C18H17ClN2O4/c19-13-5-3-12(4-6-13)18(23)20-9-1-2-17(22)21-14-7-8-15-16(10-14)25-11-24-15/h3-8,10H,1-2,9,11H2,(H,20,23)(H,21,22). The average Bonchev–Trinajstić information content (AvgIpc) is 3.07. The van der Waals surface area contributed by atoms with Crippen LogP contribution in [0.1, 0.15) is 23.2 Å². The Morgan fingerprint density at radius 1 is 1.04 bits per heavy atom. The molecule has 2 aromatic rings. The molecule has 0 fully saturated rings. The Hall–Kier alpha value is -2.73. The number of hydrogen-bond acceptors (Lipinski definition) is 4. The molecule has 7 heteroatoms. The van der Waals surface area contributed by atoms with Crippen molar-refractivity contribution in [3.63, 3.8) is 0 Å². The summed E-state index contributed by atoms with van der Waals surface area (Å²) in [5, 5.41) is 6.15. The summed E-state index contributed by atoms with van der Waals surface area (Å²) in [6, 6.07) is 11.9. The van der Waals surface area contributed by atoms with Crippen LogP contribution in [0.15, 0.2) is 42.5 Å². The van der Waals surface area contributed by atoms with Crippen LogP contribution >= 0.6 is 11.6 Å². The Labute approximate surface area is 150 Å². The van der Waals surface area contributed by atoms with E-state index in [9.17, 15) is 9.59 Å². The molecule has 0 saturated heterocycles. The molecule has 2 aromatic carbocycles. The van der Waals surface area contributed by atoms with Crippen LogP contribution in [-0.2, 0) is 4.79 Å². The second kappa shape index (κ2) is 7.90. The third-order valence-electron chi connectivity index (χ3n) is 3.63. The number of fused-ring (bicyclic) bond motifs is 1. The van der Waals surface area contributed by atoms with Crippen LogP contribution in [0.3, 0.4) is 0 Å². The van der Waals surface area contributed by atoms with Crippen molar-refractivity contribution in [2.45, 2.75) is 12.8 Å². The summed E-state index contributed by atoms with van der Waals surface area (Å²) in [5.74, 6) is 0.975. The van der Waals surface area contributed by atoms with Gasteiger partial charge in [0, 0.05) is 35.3 Å². The van der Waals surface area contributed by atoms with Gasteiger partial charge in [0.05, 0.1) is 0 Å². The third-order valence-corrected chi connectivity index (χ3v) is 3.88. The van der Waals surface area contributed by atoms with Crippen molar-refractivity contribution in [1.82, 2.24) is 5.32 Å². The largest absolute Gasteiger partial charge is 0.454 e. The van der Waals surface area contributed by atoms with Crippen molar-refractivity contribution in [3.05, 3.63) is 53.1 Å². The summed E-state index contributed by atoms with van der Waals surface area (Å²) in [7, 11) is 0. The fourth-order valence-electron chi connectivity index (χ4n) is 2.35. The van der Waals surface area contributed by atoms with Crippen LogP contribution in [-0.4, -0.2) is 25.2 Å². The molecule has 130 valence electrons. The van der Waals surface area contributed by atoms with Crippen LogP contribution in [0.5, 0.6) is 11.5 Å². The lowest BCUT2D eigenvalue weighted by atomic mass is 10.2. The molecule has 1 heterocycles. The van der Waals surface area contributed by atoms with E-state index in [-0.39, 0.29) is 18.6 Å². The lowest BCUT2D eigenvalue weighted by Crippen LogP contribution is -2.25. The van der Waals surface area contributed by atoms with E-state index in [2.05, 4.69) is 10.6 Å². The van der Waals surface area contributed by atoms with Crippen molar-refractivity contribution >= 4 is 29.1 Å². The number of benzene rings is 2. The van der Waals surface area contributed by atoms with Crippen molar-refractivity contribution in [1.29, 1.82) is 0 Å². The van der Waals surface area contributed by atoms with E-state index in [1.165, 1.54) is 0 Å². The highest BCUT2D eigenvalue weighted by Crippen LogP contribution is 2.34. The van der Waals surface area contributed by atoms with Gasteiger partial charge in [-0.25, -0.2) is 0 Å². The summed E-state index contributed by atoms with van der Waals surface area (Å²) < 4.78 is 10.5. The van der Waals surface area contributed by atoms with E-state index in [4.69, 9.17) is 21.1 Å². The number of rotatable bonds is 6. The normalized spacial score (nSPS) is 11.9. The van der Waals surface area contributed by atoms with Gasteiger partial charge in [-0.05, 0) is 42.8 Å². The van der Waals surface area contributed by atoms with Gasteiger partial charge in [-0.15, -0.1) is 0 Å². The highest BCUT2D eigenvalue weighted by molar-refractivity contribution is 6.30. The number of nitrogens with one attached hydrogen (secondary N) is 2. The highest BCUT2D eigenvalue weighted by Gasteiger charge is 2.14. The van der Waals surface area contributed by atoms with Crippen LogP contribution in [0.25, 0.3) is 0 Å². The van der Waals surface area contributed by atoms with Gasteiger partial charge in [0.25, 0.3) is 5.91 Å². The maximum atomic E-state index is 12.0. The first-order valence-electron chi connectivity index (χ1n) is 7.85. The Morgan fingerprint density at radius 2 is 1.80 bits per heavy atom. The highest BCUT2D eigenvalue weighted by atomic mass is 35.5. The van der Waals surface area contributed by atoms with E-state index in [0.29, 0.717) is 47.2 Å². The molecule has 1 aliphatic heterocycles.